The molecule has 106 valence electrons. The molecule has 0 saturated heterocycles. The van der Waals surface area contributed by atoms with Crippen LogP contribution in [0.1, 0.15) is 65.7 Å². The monoisotopic (exact) mass is 252 g/mol. The lowest BCUT2D eigenvalue weighted by atomic mass is 9.82. The van der Waals surface area contributed by atoms with Crippen LogP contribution in [0, 0.1) is 11.8 Å². The Morgan fingerprint density at radius 2 is 2.00 bits per heavy atom. The number of nitrogens with zero attached hydrogens (tertiary/aromatic N) is 1. The molecule has 0 aromatic carbocycles. The van der Waals surface area contributed by atoms with Crippen molar-refractivity contribution in [1.82, 2.24) is 4.90 Å². The van der Waals surface area contributed by atoms with Crippen LogP contribution in [0.5, 0.6) is 0 Å². The van der Waals surface area contributed by atoms with Crippen molar-refractivity contribution in [3.05, 3.63) is 0 Å². The summed E-state index contributed by atoms with van der Waals surface area (Å²) in [5.74, 6) is 1.65. The Morgan fingerprint density at radius 3 is 2.50 bits per heavy atom. The van der Waals surface area contributed by atoms with Crippen LogP contribution in [0.3, 0.4) is 0 Å². The molecule has 0 heterocycles. The lowest BCUT2D eigenvalue weighted by Gasteiger charge is -2.45. The molecule has 0 spiro atoms. The fraction of sp³-hybridized carbons (Fsp3) is 1.00. The van der Waals surface area contributed by atoms with Crippen molar-refractivity contribution in [1.29, 1.82) is 0 Å². The third-order valence-corrected chi connectivity index (χ3v) is 5.28. The van der Waals surface area contributed by atoms with Crippen molar-refractivity contribution in [3.63, 3.8) is 0 Å². The first kappa shape index (κ1) is 14.3. The van der Waals surface area contributed by atoms with Crippen molar-refractivity contribution in [2.75, 3.05) is 13.1 Å². The molecule has 2 atom stereocenters. The van der Waals surface area contributed by atoms with Crippen LogP contribution < -0.4 is 5.73 Å². The lowest BCUT2D eigenvalue weighted by molar-refractivity contribution is 0.0433. The fourth-order valence-corrected chi connectivity index (χ4v) is 4.03. The summed E-state index contributed by atoms with van der Waals surface area (Å²) >= 11 is 0. The van der Waals surface area contributed by atoms with Gasteiger partial charge in [0.05, 0.1) is 0 Å². The van der Waals surface area contributed by atoms with Crippen LogP contribution in [0.25, 0.3) is 0 Å². The quantitative estimate of drug-likeness (QED) is 0.752. The molecule has 2 heteroatoms. The van der Waals surface area contributed by atoms with Crippen LogP contribution in [-0.4, -0.2) is 29.6 Å². The second-order valence-corrected chi connectivity index (χ2v) is 6.91. The predicted octanol–water partition coefficient (Wildman–Crippen LogP) is 3.40. The molecule has 2 fully saturated rings. The second kappa shape index (κ2) is 5.92. The molecule has 2 N–H and O–H groups in total. The summed E-state index contributed by atoms with van der Waals surface area (Å²) in [6.07, 6.45) is 9.60. The first-order chi connectivity index (χ1) is 8.64. The van der Waals surface area contributed by atoms with Crippen molar-refractivity contribution in [2.24, 2.45) is 17.6 Å². The van der Waals surface area contributed by atoms with Gasteiger partial charge in [0, 0.05) is 18.1 Å². The summed E-state index contributed by atoms with van der Waals surface area (Å²) in [7, 11) is 0. The molecule has 2 saturated carbocycles. The SMILES string of the molecule is CCC1CCCC1(CN)N(CCC(C)C)C1CC1. The zero-order chi connectivity index (χ0) is 13.2. The zero-order valence-corrected chi connectivity index (χ0v) is 12.6. The molecule has 0 aromatic heterocycles. The van der Waals surface area contributed by atoms with Crippen LogP contribution in [0.2, 0.25) is 0 Å². The molecule has 2 nitrogen and oxygen atoms in total. The maximum atomic E-state index is 6.27. The van der Waals surface area contributed by atoms with Crippen molar-refractivity contribution in [3.8, 4) is 0 Å². The second-order valence-electron chi connectivity index (χ2n) is 6.91. The van der Waals surface area contributed by atoms with Gasteiger partial charge < -0.3 is 5.73 Å². The van der Waals surface area contributed by atoms with Gasteiger partial charge >= 0.3 is 0 Å². The normalized spacial score (nSPS) is 32.7. The molecule has 0 amide bonds. The molecule has 0 aromatic rings. The highest BCUT2D eigenvalue weighted by molar-refractivity contribution is 5.05. The summed E-state index contributed by atoms with van der Waals surface area (Å²) in [5.41, 5.74) is 6.62. The Kier molecular flexibility index (Phi) is 4.71. The van der Waals surface area contributed by atoms with E-state index >= 15 is 0 Å². The van der Waals surface area contributed by atoms with Gasteiger partial charge in [-0.15, -0.1) is 0 Å². The van der Waals surface area contributed by atoms with E-state index in [0.717, 1.165) is 24.4 Å². The van der Waals surface area contributed by atoms with E-state index in [9.17, 15) is 0 Å². The molecular formula is C16H32N2. The highest BCUT2D eigenvalue weighted by atomic mass is 15.3. The van der Waals surface area contributed by atoms with E-state index in [0.29, 0.717) is 5.54 Å². The average molecular weight is 252 g/mol. The number of hydrogen-bond acceptors (Lipinski definition) is 2. The summed E-state index contributed by atoms with van der Waals surface area (Å²) in [6.45, 7) is 9.18. The Balaban J connectivity index is 2.10. The van der Waals surface area contributed by atoms with Gasteiger partial charge in [-0.05, 0) is 50.5 Å². The average Bonchev–Trinajstić information content (AvgIpc) is 3.08. The minimum absolute atomic E-state index is 0.352. The molecule has 0 radical (unpaired) electrons. The zero-order valence-electron chi connectivity index (χ0n) is 12.6. The van der Waals surface area contributed by atoms with E-state index in [1.807, 2.05) is 0 Å². The van der Waals surface area contributed by atoms with E-state index in [4.69, 9.17) is 5.73 Å². The Labute approximate surface area is 113 Å². The highest BCUT2D eigenvalue weighted by Crippen LogP contribution is 2.46. The van der Waals surface area contributed by atoms with Crippen LogP contribution in [0.15, 0.2) is 0 Å². The first-order valence-corrected chi connectivity index (χ1v) is 8.11. The maximum absolute atomic E-state index is 6.27. The highest BCUT2D eigenvalue weighted by Gasteiger charge is 2.49. The van der Waals surface area contributed by atoms with E-state index < -0.39 is 0 Å². The lowest BCUT2D eigenvalue weighted by Crippen LogP contribution is -2.57. The van der Waals surface area contributed by atoms with Crippen LogP contribution >= 0.6 is 0 Å². The topological polar surface area (TPSA) is 29.3 Å². The van der Waals surface area contributed by atoms with Gasteiger partial charge in [0.2, 0.25) is 0 Å². The smallest absolute Gasteiger partial charge is 0.0362 e. The third-order valence-electron chi connectivity index (χ3n) is 5.28. The van der Waals surface area contributed by atoms with Gasteiger partial charge in [-0.2, -0.15) is 0 Å². The van der Waals surface area contributed by atoms with Gasteiger partial charge in [-0.1, -0.05) is 33.6 Å². The largest absolute Gasteiger partial charge is 0.329 e. The third kappa shape index (κ3) is 2.75. The first-order valence-electron chi connectivity index (χ1n) is 8.11. The number of rotatable bonds is 7. The minimum Gasteiger partial charge on any atom is -0.329 e. The van der Waals surface area contributed by atoms with Crippen LogP contribution in [0.4, 0.5) is 0 Å². The van der Waals surface area contributed by atoms with Crippen molar-refractivity contribution < 1.29 is 0 Å². The Hall–Kier alpha value is -0.0800. The minimum atomic E-state index is 0.352. The molecule has 0 aliphatic heterocycles. The summed E-state index contributed by atoms with van der Waals surface area (Å²) in [4.78, 5) is 2.84. The molecule has 18 heavy (non-hydrogen) atoms. The summed E-state index contributed by atoms with van der Waals surface area (Å²) in [6, 6.07) is 0.861. The number of hydrogen-bond donors (Lipinski definition) is 1. The van der Waals surface area contributed by atoms with E-state index in [-0.39, 0.29) is 0 Å². The van der Waals surface area contributed by atoms with E-state index in [1.54, 1.807) is 0 Å². The Morgan fingerprint density at radius 1 is 1.28 bits per heavy atom. The van der Waals surface area contributed by atoms with Crippen molar-refractivity contribution in [2.45, 2.75) is 77.3 Å². The summed E-state index contributed by atoms with van der Waals surface area (Å²) < 4.78 is 0. The van der Waals surface area contributed by atoms with Gasteiger partial charge in [0.1, 0.15) is 0 Å². The van der Waals surface area contributed by atoms with Gasteiger partial charge in [0.15, 0.2) is 0 Å². The fourth-order valence-electron chi connectivity index (χ4n) is 4.03. The predicted molar refractivity (Wildman–Crippen MR) is 78.6 cm³/mol. The number of nitrogens with two attached hydrogens (primary N) is 1. The molecule has 2 unspecified atom stereocenters. The van der Waals surface area contributed by atoms with Crippen LogP contribution in [-0.2, 0) is 0 Å². The molecule has 0 bridgehead atoms. The maximum Gasteiger partial charge on any atom is 0.0362 e. The molecular weight excluding hydrogens is 220 g/mol. The standard InChI is InChI=1S/C16H32N2/c1-4-14-6-5-10-16(14,12-17)18(15-7-8-15)11-9-13(2)3/h13-15H,4-12,17H2,1-3H3. The molecule has 2 aliphatic rings. The van der Waals surface area contributed by atoms with E-state index in [2.05, 4.69) is 25.7 Å². The molecule has 2 rings (SSSR count). The van der Waals surface area contributed by atoms with Gasteiger partial charge in [0.25, 0.3) is 0 Å². The van der Waals surface area contributed by atoms with Crippen molar-refractivity contribution >= 4 is 0 Å². The summed E-state index contributed by atoms with van der Waals surface area (Å²) in [5, 5.41) is 0. The molecule has 2 aliphatic carbocycles. The van der Waals surface area contributed by atoms with Gasteiger partial charge in [-0.25, -0.2) is 0 Å². The Bertz CT molecular complexity index is 260. The van der Waals surface area contributed by atoms with E-state index in [1.165, 1.54) is 51.5 Å². The van der Waals surface area contributed by atoms with Gasteiger partial charge in [-0.3, -0.25) is 4.90 Å².